The molecule has 1 aliphatic rings. The molecular weight excluding hydrogens is 539 g/mol. The van der Waals surface area contributed by atoms with Crippen molar-refractivity contribution in [1.82, 2.24) is 20.3 Å². The van der Waals surface area contributed by atoms with E-state index in [4.69, 9.17) is 0 Å². The van der Waals surface area contributed by atoms with E-state index in [0.29, 0.717) is 42.9 Å². The maximum atomic E-state index is 13.0. The van der Waals surface area contributed by atoms with Gasteiger partial charge in [-0.2, -0.15) is 13.2 Å². The summed E-state index contributed by atoms with van der Waals surface area (Å²) in [5.74, 6) is -0.322. The molecule has 1 aliphatic carbocycles. The van der Waals surface area contributed by atoms with Crippen LogP contribution < -0.4 is 10.6 Å². The number of nitrogens with one attached hydrogen (secondary N) is 2. The predicted octanol–water partition coefficient (Wildman–Crippen LogP) is 6.37. The lowest BCUT2D eigenvalue weighted by Crippen LogP contribution is -2.38. The third kappa shape index (κ3) is 6.48. The Hall–Kier alpha value is -3.83. The molecule has 0 aliphatic heterocycles. The Morgan fingerprint density at radius 3 is 2.58 bits per heavy atom. The highest BCUT2D eigenvalue weighted by atomic mass is 32.1. The lowest BCUT2D eigenvalue weighted by Gasteiger charge is -2.33. The van der Waals surface area contributed by atoms with Gasteiger partial charge in [0.1, 0.15) is 16.3 Å². The minimum Gasteiger partial charge on any atom is -0.383 e. The number of benzene rings is 2. The Labute approximate surface area is 233 Å². The van der Waals surface area contributed by atoms with Gasteiger partial charge in [0.05, 0.1) is 4.88 Å². The van der Waals surface area contributed by atoms with E-state index in [2.05, 4.69) is 25.6 Å². The van der Waals surface area contributed by atoms with Crippen molar-refractivity contribution in [2.24, 2.45) is 5.92 Å². The summed E-state index contributed by atoms with van der Waals surface area (Å²) >= 11 is 1.37. The molecule has 40 heavy (non-hydrogen) atoms. The standard InChI is InChI=1S/C29H28F3N5O2S/c1-18-13-21(15-22(14-18)36-27-33-12-9-24(37-27)29(30,31)32)23-17-35-26(40-23)28(39)10-7-20(8-11-28)25(38)34-16-19-5-3-2-4-6-19/h2-6,9,12-15,17,20,39H,7-8,10-11,16H2,1H3,(H,34,38)(H,33,36,37). The summed E-state index contributed by atoms with van der Waals surface area (Å²) in [4.78, 5) is 25.5. The molecule has 0 radical (unpaired) electrons. The average molecular weight is 568 g/mol. The molecule has 3 N–H and O–H groups in total. The average Bonchev–Trinajstić information content (AvgIpc) is 3.44. The molecule has 4 aromatic rings. The van der Waals surface area contributed by atoms with Crippen molar-refractivity contribution >= 4 is 28.9 Å². The molecule has 11 heteroatoms. The molecule has 5 rings (SSSR count). The monoisotopic (exact) mass is 567 g/mol. The molecule has 2 heterocycles. The maximum Gasteiger partial charge on any atom is 0.433 e. The number of carbonyl (C=O) groups excluding carboxylic acids is 1. The molecule has 0 bridgehead atoms. The van der Waals surface area contributed by atoms with Crippen molar-refractivity contribution in [3.05, 3.63) is 88.8 Å². The lowest BCUT2D eigenvalue weighted by molar-refractivity contribution is -0.141. The highest BCUT2D eigenvalue weighted by molar-refractivity contribution is 7.15. The number of alkyl halides is 3. The van der Waals surface area contributed by atoms with Gasteiger partial charge in [-0.15, -0.1) is 11.3 Å². The van der Waals surface area contributed by atoms with E-state index in [1.54, 1.807) is 18.3 Å². The zero-order valence-corrected chi connectivity index (χ0v) is 22.5. The minimum atomic E-state index is -4.57. The Kier molecular flexibility index (Phi) is 7.86. The van der Waals surface area contributed by atoms with Gasteiger partial charge in [-0.05, 0) is 67.5 Å². The van der Waals surface area contributed by atoms with E-state index in [0.717, 1.165) is 33.8 Å². The molecule has 7 nitrogen and oxygen atoms in total. The Balaban J connectivity index is 1.24. The van der Waals surface area contributed by atoms with Crippen LogP contribution in [0, 0.1) is 12.8 Å². The summed E-state index contributed by atoms with van der Waals surface area (Å²) < 4.78 is 39.1. The fraction of sp³-hybridized carbons (Fsp3) is 0.310. The predicted molar refractivity (Wildman–Crippen MR) is 147 cm³/mol. The number of thiazole rings is 1. The fourth-order valence-corrected chi connectivity index (χ4v) is 5.88. The number of aryl methyl sites for hydroxylation is 1. The van der Waals surface area contributed by atoms with E-state index in [-0.39, 0.29) is 17.8 Å². The summed E-state index contributed by atoms with van der Waals surface area (Å²) in [5, 5.41) is 17.8. The SMILES string of the molecule is Cc1cc(Nc2nccc(C(F)(F)F)n2)cc(-c2cnc(C3(O)CCC(C(=O)NCc4ccccc4)CC3)s2)c1. The van der Waals surface area contributed by atoms with Gasteiger partial charge in [0.15, 0.2) is 0 Å². The van der Waals surface area contributed by atoms with E-state index in [9.17, 15) is 23.1 Å². The largest absolute Gasteiger partial charge is 0.433 e. The number of aliphatic hydroxyl groups is 1. The van der Waals surface area contributed by atoms with Gasteiger partial charge in [0, 0.05) is 30.5 Å². The van der Waals surface area contributed by atoms with Gasteiger partial charge in [-0.3, -0.25) is 4.79 Å². The van der Waals surface area contributed by atoms with Gasteiger partial charge in [0.25, 0.3) is 0 Å². The van der Waals surface area contributed by atoms with Crippen LogP contribution in [0.15, 0.2) is 67.0 Å². The van der Waals surface area contributed by atoms with Gasteiger partial charge >= 0.3 is 6.18 Å². The molecular formula is C29H28F3N5O2S. The van der Waals surface area contributed by atoms with Crippen LogP contribution in [-0.4, -0.2) is 26.0 Å². The number of hydrogen-bond donors (Lipinski definition) is 3. The van der Waals surface area contributed by atoms with E-state index in [1.807, 2.05) is 43.3 Å². The summed E-state index contributed by atoms with van der Waals surface area (Å²) in [5.41, 5.74) is 1.11. The normalized spacial score (nSPS) is 19.3. The summed E-state index contributed by atoms with van der Waals surface area (Å²) in [6.45, 7) is 2.35. The van der Waals surface area contributed by atoms with E-state index in [1.165, 1.54) is 11.3 Å². The van der Waals surface area contributed by atoms with Crippen molar-refractivity contribution in [3.63, 3.8) is 0 Å². The first-order chi connectivity index (χ1) is 19.1. The van der Waals surface area contributed by atoms with Crippen LogP contribution in [0.3, 0.4) is 0 Å². The summed E-state index contributed by atoms with van der Waals surface area (Å²) in [6, 6.07) is 16.1. The Bertz CT molecular complexity index is 1480. The highest BCUT2D eigenvalue weighted by Crippen LogP contribution is 2.43. The van der Waals surface area contributed by atoms with Crippen LogP contribution in [0.5, 0.6) is 0 Å². The number of halogens is 3. The van der Waals surface area contributed by atoms with Gasteiger partial charge < -0.3 is 15.7 Å². The lowest BCUT2D eigenvalue weighted by atomic mass is 9.78. The number of anilines is 2. The topological polar surface area (TPSA) is 100 Å². The molecule has 0 saturated heterocycles. The maximum absolute atomic E-state index is 13.0. The smallest absolute Gasteiger partial charge is 0.383 e. The molecule has 208 valence electrons. The van der Waals surface area contributed by atoms with Crippen molar-refractivity contribution in [2.45, 2.75) is 50.9 Å². The first-order valence-corrected chi connectivity index (χ1v) is 13.7. The van der Waals surface area contributed by atoms with Crippen LogP contribution in [-0.2, 0) is 23.1 Å². The molecule has 0 unspecified atom stereocenters. The second kappa shape index (κ2) is 11.3. The van der Waals surface area contributed by atoms with Crippen LogP contribution in [0.2, 0.25) is 0 Å². The van der Waals surface area contributed by atoms with Crippen LogP contribution in [0.25, 0.3) is 10.4 Å². The molecule has 1 fully saturated rings. The first kappa shape index (κ1) is 27.7. The van der Waals surface area contributed by atoms with Crippen molar-refractivity contribution in [3.8, 4) is 10.4 Å². The molecule has 2 aromatic carbocycles. The second-order valence-electron chi connectivity index (χ2n) is 10.0. The summed E-state index contributed by atoms with van der Waals surface area (Å²) in [7, 11) is 0. The van der Waals surface area contributed by atoms with Crippen molar-refractivity contribution in [2.75, 3.05) is 5.32 Å². The van der Waals surface area contributed by atoms with E-state index < -0.39 is 17.5 Å². The number of rotatable bonds is 7. The number of hydrogen-bond acceptors (Lipinski definition) is 7. The number of amides is 1. The number of nitrogens with zero attached hydrogens (tertiary/aromatic N) is 3. The molecule has 2 aromatic heterocycles. The zero-order chi connectivity index (χ0) is 28.3. The van der Waals surface area contributed by atoms with Crippen molar-refractivity contribution in [1.29, 1.82) is 0 Å². The zero-order valence-electron chi connectivity index (χ0n) is 21.7. The highest BCUT2D eigenvalue weighted by Gasteiger charge is 2.39. The van der Waals surface area contributed by atoms with Gasteiger partial charge in [-0.1, -0.05) is 36.4 Å². The number of carbonyl (C=O) groups is 1. The first-order valence-electron chi connectivity index (χ1n) is 12.9. The third-order valence-corrected chi connectivity index (χ3v) is 8.20. The summed E-state index contributed by atoms with van der Waals surface area (Å²) in [6.07, 6.45) is 0.154. The fourth-order valence-electron chi connectivity index (χ4n) is 4.83. The quantitative estimate of drug-likeness (QED) is 0.240. The number of aromatic nitrogens is 3. The Morgan fingerprint density at radius 2 is 1.85 bits per heavy atom. The van der Waals surface area contributed by atoms with Crippen LogP contribution in [0.1, 0.15) is 47.5 Å². The van der Waals surface area contributed by atoms with E-state index >= 15 is 0 Å². The molecule has 0 atom stereocenters. The van der Waals surface area contributed by atoms with Gasteiger partial charge in [-0.25, -0.2) is 15.0 Å². The van der Waals surface area contributed by atoms with Crippen LogP contribution >= 0.6 is 11.3 Å². The second-order valence-corrected chi connectivity index (χ2v) is 11.0. The molecule has 1 amide bonds. The van der Waals surface area contributed by atoms with Crippen molar-refractivity contribution < 1.29 is 23.1 Å². The third-order valence-electron chi connectivity index (χ3n) is 6.96. The minimum absolute atomic E-state index is 0.00438. The Morgan fingerprint density at radius 1 is 1.10 bits per heavy atom. The van der Waals surface area contributed by atoms with Crippen LogP contribution in [0.4, 0.5) is 24.8 Å². The molecule has 1 saturated carbocycles. The van der Waals surface area contributed by atoms with Gasteiger partial charge in [0.2, 0.25) is 11.9 Å². The molecule has 0 spiro atoms.